The summed E-state index contributed by atoms with van der Waals surface area (Å²) in [7, 11) is 0. The number of carboxylic acid groups (broad SMARTS) is 1. The Morgan fingerprint density at radius 2 is 1.65 bits per heavy atom. The van der Waals surface area contributed by atoms with E-state index in [9.17, 15) is 14.7 Å². The second-order valence-electron chi connectivity index (χ2n) is 7.34. The normalized spacial score (nSPS) is 35.7. The molecule has 1 amide bonds. The van der Waals surface area contributed by atoms with Gasteiger partial charge in [-0.25, -0.2) is 0 Å². The van der Waals surface area contributed by atoms with E-state index in [-0.39, 0.29) is 17.7 Å². The Morgan fingerprint density at radius 1 is 1.00 bits per heavy atom. The maximum Gasteiger partial charge on any atom is 0.308 e. The Hall–Kier alpha value is -1.84. The third-order valence-electron chi connectivity index (χ3n) is 6.12. The van der Waals surface area contributed by atoms with E-state index in [0.29, 0.717) is 24.9 Å². The monoisotopic (exact) mass is 313 g/mol. The van der Waals surface area contributed by atoms with Gasteiger partial charge in [0.25, 0.3) is 0 Å². The van der Waals surface area contributed by atoms with Crippen LogP contribution in [-0.4, -0.2) is 35.0 Å². The van der Waals surface area contributed by atoms with Crippen LogP contribution in [0.2, 0.25) is 0 Å². The summed E-state index contributed by atoms with van der Waals surface area (Å²) in [5, 5.41) is 9.57. The number of carbonyl (C=O) groups is 2. The number of likely N-dealkylation sites (tertiary alicyclic amines) is 1. The summed E-state index contributed by atoms with van der Waals surface area (Å²) in [5.41, 5.74) is 1.03. The van der Waals surface area contributed by atoms with Crippen molar-refractivity contribution in [2.75, 3.05) is 13.1 Å². The minimum Gasteiger partial charge on any atom is -0.481 e. The molecule has 1 aromatic carbocycles. The molecule has 1 aromatic rings. The highest BCUT2D eigenvalue weighted by atomic mass is 16.4. The molecule has 4 unspecified atom stereocenters. The smallest absolute Gasteiger partial charge is 0.308 e. The highest BCUT2D eigenvalue weighted by Crippen LogP contribution is 2.56. The van der Waals surface area contributed by atoms with Crippen LogP contribution in [0.15, 0.2) is 30.3 Å². The number of carboxylic acids is 1. The molecule has 4 atom stereocenters. The van der Waals surface area contributed by atoms with E-state index in [1.807, 2.05) is 35.2 Å². The van der Waals surface area contributed by atoms with Gasteiger partial charge in [0.15, 0.2) is 0 Å². The summed E-state index contributed by atoms with van der Waals surface area (Å²) in [5.74, 6) is 0.196. The van der Waals surface area contributed by atoms with Crippen LogP contribution in [0.3, 0.4) is 0 Å². The molecule has 122 valence electrons. The lowest BCUT2D eigenvalue weighted by molar-refractivity contribution is -0.142. The Balaban J connectivity index is 1.51. The lowest BCUT2D eigenvalue weighted by atomic mass is 9.89. The molecule has 4 heteroatoms. The van der Waals surface area contributed by atoms with Gasteiger partial charge < -0.3 is 10.0 Å². The molecule has 3 fully saturated rings. The minimum absolute atomic E-state index is 0.0848. The topological polar surface area (TPSA) is 57.6 Å². The van der Waals surface area contributed by atoms with Crippen molar-refractivity contribution in [2.24, 2.45) is 23.7 Å². The zero-order chi connectivity index (χ0) is 16.0. The molecule has 0 bridgehead atoms. The fraction of sp³-hybridized carbons (Fsp3) is 0.579. The van der Waals surface area contributed by atoms with Gasteiger partial charge in [-0.2, -0.15) is 0 Å². The number of carbonyl (C=O) groups excluding carboxylic acids is 1. The van der Waals surface area contributed by atoms with E-state index in [2.05, 4.69) is 0 Å². The van der Waals surface area contributed by atoms with Crippen molar-refractivity contribution in [2.45, 2.75) is 31.6 Å². The molecule has 0 aromatic heterocycles. The third kappa shape index (κ3) is 2.54. The number of amides is 1. The van der Waals surface area contributed by atoms with Gasteiger partial charge in [0.05, 0.1) is 5.92 Å². The standard InChI is InChI=1S/C19H23NO3/c21-18(17-13-8-4-5-9-14(13)17)20-10-15(16(11-20)19(22)23)12-6-2-1-3-7-12/h1-3,6-7,13-17H,4-5,8-11H2,(H,22,23). The molecule has 23 heavy (non-hydrogen) atoms. The van der Waals surface area contributed by atoms with Gasteiger partial charge in [-0.3, -0.25) is 9.59 Å². The molecule has 1 saturated heterocycles. The van der Waals surface area contributed by atoms with Crippen LogP contribution >= 0.6 is 0 Å². The Bertz CT molecular complexity index is 602. The molecule has 0 radical (unpaired) electrons. The van der Waals surface area contributed by atoms with Crippen molar-refractivity contribution >= 4 is 11.9 Å². The van der Waals surface area contributed by atoms with Gasteiger partial charge >= 0.3 is 5.97 Å². The minimum atomic E-state index is -0.789. The number of benzene rings is 1. The molecular weight excluding hydrogens is 290 g/mol. The average Bonchev–Trinajstić information content (AvgIpc) is 3.12. The first kappa shape index (κ1) is 14.7. The largest absolute Gasteiger partial charge is 0.481 e. The molecule has 2 aliphatic carbocycles. The number of nitrogens with zero attached hydrogens (tertiary/aromatic N) is 1. The van der Waals surface area contributed by atoms with E-state index < -0.39 is 11.9 Å². The van der Waals surface area contributed by atoms with E-state index in [4.69, 9.17) is 0 Å². The first-order valence-electron chi connectivity index (χ1n) is 8.73. The first-order chi connectivity index (χ1) is 11.2. The summed E-state index contributed by atoms with van der Waals surface area (Å²) in [6, 6.07) is 9.77. The first-order valence-corrected chi connectivity index (χ1v) is 8.73. The van der Waals surface area contributed by atoms with E-state index in [1.165, 1.54) is 25.7 Å². The van der Waals surface area contributed by atoms with Crippen LogP contribution in [0.4, 0.5) is 0 Å². The van der Waals surface area contributed by atoms with Crippen LogP contribution in [0.5, 0.6) is 0 Å². The summed E-state index contributed by atoms with van der Waals surface area (Å²) >= 11 is 0. The maximum atomic E-state index is 12.9. The van der Waals surface area contributed by atoms with Crippen LogP contribution in [0, 0.1) is 23.7 Å². The molecule has 4 rings (SSSR count). The number of hydrogen-bond acceptors (Lipinski definition) is 2. The SMILES string of the molecule is O=C(O)C1CN(C(=O)C2C3CCCCC32)CC1c1ccccc1. The van der Waals surface area contributed by atoms with Crippen molar-refractivity contribution in [3.05, 3.63) is 35.9 Å². The molecule has 4 nitrogen and oxygen atoms in total. The molecule has 3 aliphatic rings. The van der Waals surface area contributed by atoms with Crippen LogP contribution in [-0.2, 0) is 9.59 Å². The predicted octanol–water partition coefficient (Wildman–Crippen LogP) is 2.75. The second kappa shape index (κ2) is 5.66. The fourth-order valence-corrected chi connectivity index (χ4v) is 4.84. The Labute approximate surface area is 136 Å². The second-order valence-corrected chi connectivity index (χ2v) is 7.34. The summed E-state index contributed by atoms with van der Waals surface area (Å²) < 4.78 is 0. The molecular formula is C19H23NO3. The van der Waals surface area contributed by atoms with Crippen LogP contribution in [0.1, 0.15) is 37.2 Å². The molecule has 2 saturated carbocycles. The van der Waals surface area contributed by atoms with Crippen molar-refractivity contribution in [1.29, 1.82) is 0 Å². The zero-order valence-electron chi connectivity index (χ0n) is 13.2. The highest BCUT2D eigenvalue weighted by molar-refractivity contribution is 5.84. The number of fused-ring (bicyclic) bond motifs is 1. The van der Waals surface area contributed by atoms with Crippen LogP contribution in [0.25, 0.3) is 0 Å². The Kier molecular flexibility index (Phi) is 3.63. The summed E-state index contributed by atoms with van der Waals surface area (Å²) in [6.07, 6.45) is 4.85. The van der Waals surface area contributed by atoms with Gasteiger partial charge in [-0.05, 0) is 30.2 Å². The van der Waals surface area contributed by atoms with E-state index in [1.54, 1.807) is 0 Å². The van der Waals surface area contributed by atoms with Gasteiger partial charge in [0.1, 0.15) is 0 Å². The van der Waals surface area contributed by atoms with E-state index in [0.717, 1.165) is 5.56 Å². The Morgan fingerprint density at radius 3 is 2.26 bits per heavy atom. The van der Waals surface area contributed by atoms with Crippen molar-refractivity contribution < 1.29 is 14.7 Å². The van der Waals surface area contributed by atoms with Crippen molar-refractivity contribution in [3.8, 4) is 0 Å². The lowest BCUT2D eigenvalue weighted by Crippen LogP contribution is -2.32. The van der Waals surface area contributed by atoms with Gasteiger partial charge in [-0.15, -0.1) is 0 Å². The third-order valence-corrected chi connectivity index (χ3v) is 6.12. The van der Waals surface area contributed by atoms with Gasteiger partial charge in [0.2, 0.25) is 5.91 Å². The fourth-order valence-electron chi connectivity index (χ4n) is 4.84. The molecule has 1 aliphatic heterocycles. The van der Waals surface area contributed by atoms with Crippen molar-refractivity contribution in [1.82, 2.24) is 4.90 Å². The van der Waals surface area contributed by atoms with Gasteiger partial charge in [0, 0.05) is 24.9 Å². The molecule has 0 spiro atoms. The lowest BCUT2D eigenvalue weighted by Gasteiger charge is -2.16. The van der Waals surface area contributed by atoms with E-state index >= 15 is 0 Å². The maximum absolute atomic E-state index is 12.9. The van der Waals surface area contributed by atoms with Gasteiger partial charge in [-0.1, -0.05) is 43.2 Å². The molecule has 1 heterocycles. The number of hydrogen-bond donors (Lipinski definition) is 1. The number of rotatable bonds is 3. The van der Waals surface area contributed by atoms with Crippen LogP contribution < -0.4 is 0 Å². The summed E-state index contributed by atoms with van der Waals surface area (Å²) in [6.45, 7) is 0.916. The zero-order valence-corrected chi connectivity index (χ0v) is 13.2. The average molecular weight is 313 g/mol. The summed E-state index contributed by atoms with van der Waals surface area (Å²) in [4.78, 5) is 26.3. The van der Waals surface area contributed by atoms with Crippen molar-refractivity contribution in [3.63, 3.8) is 0 Å². The quantitative estimate of drug-likeness (QED) is 0.933. The molecule has 1 N–H and O–H groups in total. The predicted molar refractivity (Wildman–Crippen MR) is 85.8 cm³/mol. The number of aliphatic carboxylic acids is 1. The highest BCUT2D eigenvalue weighted by Gasteiger charge is 2.57.